The first-order chi connectivity index (χ1) is 23.8. The molecule has 9 rings (SSSR count). The lowest BCUT2D eigenvalue weighted by atomic mass is 9.82. The van der Waals surface area contributed by atoms with Crippen LogP contribution in [0.1, 0.15) is 0 Å². The molecule has 0 radical (unpaired) electrons. The fourth-order valence-electron chi connectivity index (χ4n) is 7.57. The summed E-state index contributed by atoms with van der Waals surface area (Å²) < 4.78 is 5.87. The van der Waals surface area contributed by atoms with Crippen LogP contribution in [0.25, 0.3) is 87.6 Å². The maximum atomic E-state index is 5.87. The van der Waals surface area contributed by atoms with Crippen LogP contribution in [0.3, 0.4) is 0 Å². The van der Waals surface area contributed by atoms with Crippen LogP contribution in [0.5, 0.6) is 5.75 Å². The molecular weight excluding hydrogens is 581 g/mol. The molecule has 9 aromatic carbocycles. The highest BCUT2D eigenvalue weighted by molar-refractivity contribution is 6.26. The molecule has 0 heterocycles. The van der Waals surface area contributed by atoms with Crippen molar-refractivity contribution in [2.24, 2.45) is 0 Å². The fourth-order valence-corrected chi connectivity index (χ4v) is 7.57. The van der Waals surface area contributed by atoms with Gasteiger partial charge in [-0.05, 0) is 112 Å². The number of hydrogen-bond acceptors (Lipinski definition) is 1. The smallest absolute Gasteiger partial charge is 0.119 e. The molecule has 0 amide bonds. The van der Waals surface area contributed by atoms with Crippen LogP contribution >= 0.6 is 0 Å². The molecule has 0 spiro atoms. The number of benzene rings is 9. The zero-order valence-electron chi connectivity index (χ0n) is 26.7. The molecule has 0 aliphatic carbocycles. The van der Waals surface area contributed by atoms with Gasteiger partial charge in [-0.1, -0.05) is 152 Å². The van der Waals surface area contributed by atoms with Gasteiger partial charge >= 0.3 is 0 Å². The minimum atomic E-state index is 0.847. The molecule has 0 bridgehead atoms. The lowest BCUT2D eigenvalue weighted by Gasteiger charge is -2.21. The Morgan fingerprint density at radius 1 is 0.312 bits per heavy atom. The first-order valence-corrected chi connectivity index (χ1v) is 16.5. The maximum absolute atomic E-state index is 5.87. The third-order valence-corrected chi connectivity index (χ3v) is 9.75. The van der Waals surface area contributed by atoms with Gasteiger partial charge in [0, 0.05) is 0 Å². The van der Waals surface area contributed by atoms with Crippen molar-refractivity contribution in [3.8, 4) is 50.3 Å². The Bertz CT molecular complexity index is 2640. The van der Waals surface area contributed by atoms with Crippen molar-refractivity contribution in [3.05, 3.63) is 176 Å². The van der Waals surface area contributed by atoms with Crippen LogP contribution in [0.15, 0.2) is 176 Å². The average molecular weight is 613 g/mol. The van der Waals surface area contributed by atoms with Gasteiger partial charge in [0.15, 0.2) is 0 Å². The third-order valence-electron chi connectivity index (χ3n) is 9.75. The van der Waals surface area contributed by atoms with E-state index in [-0.39, 0.29) is 0 Å². The van der Waals surface area contributed by atoms with Gasteiger partial charge in [0.25, 0.3) is 0 Å². The monoisotopic (exact) mass is 612 g/mol. The normalized spacial score (nSPS) is 11.4. The molecule has 9 aromatic rings. The second kappa shape index (κ2) is 11.6. The quantitative estimate of drug-likeness (QED) is 0.139. The highest BCUT2D eigenvalue weighted by Gasteiger charge is 2.20. The summed E-state index contributed by atoms with van der Waals surface area (Å²) in [7, 11) is 1.75. The fraction of sp³-hybridized carbons (Fsp3) is 0.0213. The van der Waals surface area contributed by atoms with Gasteiger partial charge in [-0.25, -0.2) is 0 Å². The van der Waals surface area contributed by atoms with Crippen molar-refractivity contribution in [3.63, 3.8) is 0 Å². The van der Waals surface area contributed by atoms with Gasteiger partial charge in [0.2, 0.25) is 0 Å². The molecule has 0 saturated heterocycles. The Hall–Kier alpha value is -6.18. The molecule has 48 heavy (non-hydrogen) atoms. The molecule has 0 saturated carbocycles. The Morgan fingerprint density at radius 2 is 0.875 bits per heavy atom. The molecular formula is C47H32O. The van der Waals surface area contributed by atoms with E-state index in [2.05, 4.69) is 176 Å². The molecule has 0 aromatic heterocycles. The van der Waals surface area contributed by atoms with Crippen molar-refractivity contribution >= 4 is 43.1 Å². The second-order valence-electron chi connectivity index (χ2n) is 12.4. The van der Waals surface area contributed by atoms with Gasteiger partial charge in [-0.15, -0.1) is 0 Å². The lowest BCUT2D eigenvalue weighted by molar-refractivity contribution is 0.415. The summed E-state index contributed by atoms with van der Waals surface area (Å²) in [5.41, 5.74) is 9.73. The summed E-state index contributed by atoms with van der Waals surface area (Å²) in [4.78, 5) is 0. The largest absolute Gasteiger partial charge is 0.497 e. The van der Waals surface area contributed by atoms with E-state index in [9.17, 15) is 0 Å². The van der Waals surface area contributed by atoms with Gasteiger partial charge in [-0.2, -0.15) is 0 Å². The van der Waals surface area contributed by atoms with Gasteiger partial charge in [0.1, 0.15) is 5.75 Å². The van der Waals surface area contributed by atoms with Crippen molar-refractivity contribution in [2.45, 2.75) is 0 Å². The minimum absolute atomic E-state index is 0.847. The summed E-state index contributed by atoms with van der Waals surface area (Å²) in [6, 6.07) is 63.8. The van der Waals surface area contributed by atoms with E-state index < -0.39 is 0 Å². The van der Waals surface area contributed by atoms with E-state index in [1.54, 1.807) is 7.11 Å². The summed E-state index contributed by atoms with van der Waals surface area (Å²) >= 11 is 0. The molecule has 1 heteroatoms. The number of ether oxygens (including phenoxy) is 1. The van der Waals surface area contributed by atoms with E-state index in [4.69, 9.17) is 4.74 Å². The highest BCUT2D eigenvalue weighted by Crippen LogP contribution is 2.48. The molecule has 0 N–H and O–H groups in total. The van der Waals surface area contributed by atoms with Crippen LogP contribution in [-0.2, 0) is 0 Å². The molecule has 0 atom stereocenters. The lowest BCUT2D eigenvalue weighted by Crippen LogP contribution is -1.94. The van der Waals surface area contributed by atoms with Crippen molar-refractivity contribution < 1.29 is 4.74 Å². The molecule has 0 unspecified atom stereocenters. The Labute approximate surface area is 280 Å². The predicted molar refractivity (Wildman–Crippen MR) is 205 cm³/mol. The van der Waals surface area contributed by atoms with Crippen molar-refractivity contribution in [1.29, 1.82) is 0 Å². The predicted octanol–water partition coefficient (Wildman–Crippen LogP) is 13.0. The summed E-state index contributed by atoms with van der Waals surface area (Å²) in [6.45, 7) is 0. The van der Waals surface area contributed by atoms with Crippen LogP contribution in [-0.4, -0.2) is 7.11 Å². The number of methoxy groups -OCH3 is 1. The highest BCUT2D eigenvalue weighted by atomic mass is 16.5. The Kier molecular flexibility index (Phi) is 6.76. The number of rotatable bonds is 5. The first-order valence-electron chi connectivity index (χ1n) is 16.5. The number of fused-ring (bicyclic) bond motifs is 5. The number of hydrogen-bond donors (Lipinski definition) is 0. The molecule has 1 nitrogen and oxygen atoms in total. The topological polar surface area (TPSA) is 9.23 Å². The van der Waals surface area contributed by atoms with Crippen LogP contribution in [0, 0.1) is 0 Å². The van der Waals surface area contributed by atoms with Gasteiger partial charge in [0.05, 0.1) is 7.11 Å². The first kappa shape index (κ1) is 28.1. The second-order valence-corrected chi connectivity index (χ2v) is 12.4. The summed E-state index contributed by atoms with van der Waals surface area (Å²) in [6.07, 6.45) is 0. The van der Waals surface area contributed by atoms with E-state index >= 15 is 0 Å². The summed E-state index contributed by atoms with van der Waals surface area (Å²) in [5.74, 6) is 0.847. The zero-order chi connectivity index (χ0) is 32.0. The molecule has 0 fully saturated rings. The Morgan fingerprint density at radius 3 is 1.58 bits per heavy atom. The Balaban J connectivity index is 1.41. The summed E-state index contributed by atoms with van der Waals surface area (Å²) in [5, 5.41) is 9.85. The SMILES string of the molecule is COc1ccc2c(-c3ccc(-c4ccccc4)c(-c4ccccc4)c3)c3ccccc3c(-c3cc4ccccc4c4ccccc34)c2c1. The minimum Gasteiger partial charge on any atom is -0.497 e. The van der Waals surface area contributed by atoms with E-state index in [1.165, 1.54) is 87.6 Å². The van der Waals surface area contributed by atoms with Gasteiger partial charge < -0.3 is 4.74 Å². The maximum Gasteiger partial charge on any atom is 0.119 e. The third kappa shape index (κ3) is 4.55. The molecule has 0 aliphatic heterocycles. The van der Waals surface area contributed by atoms with Crippen molar-refractivity contribution in [1.82, 2.24) is 0 Å². The van der Waals surface area contributed by atoms with Crippen molar-refractivity contribution in [2.75, 3.05) is 7.11 Å². The molecule has 226 valence electrons. The van der Waals surface area contributed by atoms with E-state index in [1.807, 2.05) is 0 Å². The van der Waals surface area contributed by atoms with Crippen LogP contribution in [0.4, 0.5) is 0 Å². The zero-order valence-corrected chi connectivity index (χ0v) is 26.7. The van der Waals surface area contributed by atoms with E-state index in [0.29, 0.717) is 0 Å². The molecule has 0 aliphatic rings. The van der Waals surface area contributed by atoms with E-state index in [0.717, 1.165) is 5.75 Å². The average Bonchev–Trinajstić information content (AvgIpc) is 3.17. The van der Waals surface area contributed by atoms with Crippen LogP contribution < -0.4 is 4.74 Å². The van der Waals surface area contributed by atoms with Gasteiger partial charge in [-0.3, -0.25) is 0 Å². The standard InChI is InChI=1S/C47H32O/c1-48-35-25-27-42-45(30-35)47(44-28-33-18-8-9-19-36(33)38-20-10-11-21-39(38)44)41-23-13-12-22-40(41)46(42)34-24-26-37(31-14-4-2-5-15-31)43(29-34)32-16-6-3-7-17-32/h2-30H,1H3. The van der Waals surface area contributed by atoms with Crippen LogP contribution in [0.2, 0.25) is 0 Å².